The van der Waals surface area contributed by atoms with Gasteiger partial charge in [-0.25, -0.2) is 9.78 Å². The summed E-state index contributed by atoms with van der Waals surface area (Å²) in [6, 6.07) is 9.79. The summed E-state index contributed by atoms with van der Waals surface area (Å²) < 4.78 is 24.7. The zero-order chi connectivity index (χ0) is 23.2. The molecule has 4 saturated heterocycles. The first kappa shape index (κ1) is 23.2. The Morgan fingerprint density at radius 2 is 1.91 bits per heavy atom. The minimum atomic E-state index is -0.827. The smallest absolute Gasteiger partial charge is 0.308 e. The third-order valence-electron chi connectivity index (χ3n) is 8.22. The molecule has 0 unspecified atom stereocenters. The largest absolute Gasteiger partial charge is 0.466 e. The second-order valence-corrected chi connectivity index (χ2v) is 10.3. The van der Waals surface area contributed by atoms with Crippen LogP contribution in [-0.2, 0) is 33.5 Å². The van der Waals surface area contributed by atoms with Crippen molar-refractivity contribution in [1.29, 1.82) is 0 Å². The summed E-state index contributed by atoms with van der Waals surface area (Å²) in [5.74, 6) is -0.0915. The number of fused-ring (bicyclic) bond motifs is 2. The third kappa shape index (κ3) is 4.02. The Balaban J connectivity index is 1.43. The van der Waals surface area contributed by atoms with E-state index in [4.69, 9.17) is 28.7 Å². The first-order valence-corrected chi connectivity index (χ1v) is 12.4. The van der Waals surface area contributed by atoms with Crippen LogP contribution in [0.2, 0.25) is 0 Å². The van der Waals surface area contributed by atoms with Gasteiger partial charge in [0.15, 0.2) is 18.2 Å². The third-order valence-corrected chi connectivity index (χ3v) is 8.22. The van der Waals surface area contributed by atoms with Crippen LogP contribution in [0.25, 0.3) is 0 Å². The molecule has 33 heavy (non-hydrogen) atoms. The van der Waals surface area contributed by atoms with Gasteiger partial charge >= 0.3 is 5.97 Å². The standard InChI is InChI=1S/C26H36O7/c1-5-28-22(27)15-21(18-9-7-6-8-10-18)29-23-17(3)20-12-11-16(2)19-13-14-25(4)31-24(30-23)26(19,20)33-32-25/h6-10,16-17,19-21,23-24H,5,11-15H2,1-4H3/t16-,17-,19+,20+,21-,23+,24-,25-,26-/m1/s1. The zero-order valence-corrected chi connectivity index (χ0v) is 20.0. The molecule has 7 nitrogen and oxygen atoms in total. The van der Waals surface area contributed by atoms with Crippen molar-refractivity contribution in [2.75, 3.05) is 6.61 Å². The van der Waals surface area contributed by atoms with Crippen LogP contribution in [0.1, 0.15) is 71.5 Å². The quantitative estimate of drug-likeness (QED) is 0.441. The maximum atomic E-state index is 12.4. The Morgan fingerprint density at radius 1 is 1.12 bits per heavy atom. The molecule has 1 spiro atoms. The van der Waals surface area contributed by atoms with E-state index in [1.54, 1.807) is 0 Å². The fourth-order valence-corrected chi connectivity index (χ4v) is 6.47. The van der Waals surface area contributed by atoms with Gasteiger partial charge in [0.1, 0.15) is 0 Å². The highest BCUT2D eigenvalue weighted by atomic mass is 17.3. The van der Waals surface area contributed by atoms with Crippen LogP contribution in [-0.4, -0.2) is 36.5 Å². The Hall–Kier alpha value is -1.51. The van der Waals surface area contributed by atoms with E-state index in [2.05, 4.69) is 13.8 Å². The highest BCUT2D eigenvalue weighted by Gasteiger charge is 2.69. The van der Waals surface area contributed by atoms with Gasteiger partial charge in [0.05, 0.1) is 19.1 Å². The van der Waals surface area contributed by atoms with Gasteiger partial charge in [-0.1, -0.05) is 44.2 Å². The van der Waals surface area contributed by atoms with Crippen LogP contribution in [0.15, 0.2) is 30.3 Å². The van der Waals surface area contributed by atoms with Crippen molar-refractivity contribution in [1.82, 2.24) is 0 Å². The average molecular weight is 461 g/mol. The normalized spacial score (nSPS) is 42.8. The van der Waals surface area contributed by atoms with Gasteiger partial charge in [0, 0.05) is 18.3 Å². The number of carbonyl (C=O) groups excluding carboxylic acids is 1. The van der Waals surface area contributed by atoms with Crippen LogP contribution in [0.3, 0.4) is 0 Å². The SMILES string of the molecule is CCOC(=O)C[C@@H](O[C@H]1O[C@@H]2O[C@@]3(C)CC[C@H]4[C@H](C)CC[C@@H]([C@H]1C)[C@@]24OO3)c1ccccc1. The molecule has 0 radical (unpaired) electrons. The second-order valence-electron chi connectivity index (χ2n) is 10.3. The first-order chi connectivity index (χ1) is 15.9. The van der Waals surface area contributed by atoms with E-state index in [1.165, 1.54) is 0 Å². The molecule has 1 aromatic rings. The van der Waals surface area contributed by atoms with Crippen LogP contribution in [0.5, 0.6) is 0 Å². The van der Waals surface area contributed by atoms with Crippen molar-refractivity contribution in [2.45, 2.75) is 89.9 Å². The Labute approximate surface area is 195 Å². The maximum absolute atomic E-state index is 12.4. The summed E-state index contributed by atoms with van der Waals surface area (Å²) in [6.45, 7) is 8.52. The number of benzene rings is 1. The first-order valence-electron chi connectivity index (χ1n) is 12.4. The molecule has 6 rings (SSSR count). The molecule has 4 heterocycles. The van der Waals surface area contributed by atoms with Crippen LogP contribution in [0.4, 0.5) is 0 Å². The van der Waals surface area contributed by atoms with E-state index < -0.39 is 30.1 Å². The molecule has 182 valence electrons. The van der Waals surface area contributed by atoms with Gasteiger partial charge in [-0.2, -0.15) is 0 Å². The predicted molar refractivity (Wildman–Crippen MR) is 118 cm³/mol. The summed E-state index contributed by atoms with van der Waals surface area (Å²) in [5.41, 5.74) is 0.294. The molecular weight excluding hydrogens is 424 g/mol. The predicted octanol–water partition coefficient (Wildman–Crippen LogP) is 4.91. The topological polar surface area (TPSA) is 72.5 Å². The monoisotopic (exact) mass is 460 g/mol. The second kappa shape index (κ2) is 8.93. The van der Waals surface area contributed by atoms with Gasteiger partial charge in [-0.3, -0.25) is 4.79 Å². The van der Waals surface area contributed by atoms with Gasteiger partial charge in [0.25, 0.3) is 0 Å². The van der Waals surface area contributed by atoms with Crippen LogP contribution < -0.4 is 0 Å². The average Bonchev–Trinajstić information content (AvgIpc) is 3.03. The maximum Gasteiger partial charge on any atom is 0.308 e. The highest BCUT2D eigenvalue weighted by molar-refractivity contribution is 5.70. The molecule has 1 aliphatic carbocycles. The van der Waals surface area contributed by atoms with E-state index >= 15 is 0 Å². The van der Waals surface area contributed by atoms with Gasteiger partial charge in [-0.15, -0.1) is 0 Å². The molecular formula is C26H36O7. The van der Waals surface area contributed by atoms with E-state index in [1.807, 2.05) is 44.2 Å². The van der Waals surface area contributed by atoms with Crippen molar-refractivity contribution in [3.8, 4) is 0 Å². The fourth-order valence-electron chi connectivity index (χ4n) is 6.47. The molecule has 0 N–H and O–H groups in total. The summed E-state index contributed by atoms with van der Waals surface area (Å²) >= 11 is 0. The molecule has 0 amide bonds. The van der Waals surface area contributed by atoms with E-state index in [9.17, 15) is 4.79 Å². The summed E-state index contributed by atoms with van der Waals surface area (Å²) in [7, 11) is 0. The molecule has 1 saturated carbocycles. The van der Waals surface area contributed by atoms with Crippen molar-refractivity contribution in [2.24, 2.45) is 23.7 Å². The lowest BCUT2D eigenvalue weighted by molar-refractivity contribution is -0.578. The molecule has 4 aliphatic heterocycles. The molecule has 1 aromatic carbocycles. The summed E-state index contributed by atoms with van der Waals surface area (Å²) in [4.78, 5) is 24.5. The van der Waals surface area contributed by atoms with Crippen molar-refractivity contribution in [3.05, 3.63) is 35.9 Å². The Bertz CT molecular complexity index is 846. The van der Waals surface area contributed by atoms with E-state index in [0.717, 1.165) is 31.2 Å². The van der Waals surface area contributed by atoms with Crippen molar-refractivity contribution in [3.63, 3.8) is 0 Å². The molecule has 7 heteroatoms. The zero-order valence-electron chi connectivity index (χ0n) is 20.0. The van der Waals surface area contributed by atoms with Gasteiger partial charge < -0.3 is 18.9 Å². The minimum absolute atomic E-state index is 0.0410. The van der Waals surface area contributed by atoms with Gasteiger partial charge in [0.2, 0.25) is 5.79 Å². The summed E-state index contributed by atoms with van der Waals surface area (Å²) in [6.07, 6.45) is 2.43. The number of esters is 1. The Kier molecular flexibility index (Phi) is 6.29. The number of ether oxygens (including phenoxy) is 4. The number of hydrogen-bond acceptors (Lipinski definition) is 7. The Morgan fingerprint density at radius 3 is 2.67 bits per heavy atom. The van der Waals surface area contributed by atoms with Crippen molar-refractivity contribution < 1.29 is 33.5 Å². The van der Waals surface area contributed by atoms with E-state index in [0.29, 0.717) is 18.4 Å². The number of hydrogen-bond donors (Lipinski definition) is 0. The molecule has 0 aromatic heterocycles. The highest BCUT2D eigenvalue weighted by Crippen LogP contribution is 2.60. The van der Waals surface area contributed by atoms with Crippen molar-refractivity contribution >= 4 is 5.97 Å². The lowest BCUT2D eigenvalue weighted by Gasteiger charge is -2.60. The molecule has 2 bridgehead atoms. The molecule has 5 fully saturated rings. The van der Waals surface area contributed by atoms with Crippen LogP contribution >= 0.6 is 0 Å². The lowest BCUT2D eigenvalue weighted by atomic mass is 9.58. The molecule has 5 aliphatic rings. The lowest BCUT2D eigenvalue weighted by Crippen LogP contribution is -2.70. The number of rotatable bonds is 6. The van der Waals surface area contributed by atoms with Gasteiger partial charge in [-0.05, 0) is 50.5 Å². The minimum Gasteiger partial charge on any atom is -0.466 e. The van der Waals surface area contributed by atoms with Crippen LogP contribution in [0, 0.1) is 23.7 Å². The fraction of sp³-hybridized carbons (Fsp3) is 0.731. The molecule has 9 atom stereocenters. The summed E-state index contributed by atoms with van der Waals surface area (Å²) in [5, 5.41) is 0. The number of carbonyl (C=O) groups is 1. The van der Waals surface area contributed by atoms with E-state index in [-0.39, 0.29) is 24.2 Å².